The molecule has 1 aromatic heterocycles. The fourth-order valence-corrected chi connectivity index (χ4v) is 4.29. The standard InChI is InChI=1S/C27H23F2N3O/c28-23-15-20(19-6-2-1-3-7-19)8-10-22(23)27(33)31-24-11-9-21-14-18(16-30-26(21)25(24)29)17-32-12-4-5-13-32/h1-3,6-11,14-16H,4-5,12-13,17H2,(H,31,33). The van der Waals surface area contributed by atoms with Gasteiger partial charge in [0.1, 0.15) is 11.3 Å². The summed E-state index contributed by atoms with van der Waals surface area (Å²) >= 11 is 0. The molecule has 1 aliphatic heterocycles. The number of hydrogen-bond acceptors (Lipinski definition) is 3. The second-order valence-corrected chi connectivity index (χ2v) is 8.34. The molecule has 33 heavy (non-hydrogen) atoms. The van der Waals surface area contributed by atoms with Crippen LogP contribution in [0.15, 0.2) is 72.9 Å². The van der Waals surface area contributed by atoms with Gasteiger partial charge in [-0.05, 0) is 66.9 Å². The normalized spacial score (nSPS) is 14.0. The average molecular weight is 443 g/mol. The maximum Gasteiger partial charge on any atom is 0.258 e. The molecule has 1 N–H and O–H groups in total. The number of carbonyl (C=O) groups excluding carboxylic acids is 1. The number of anilines is 1. The summed E-state index contributed by atoms with van der Waals surface area (Å²) < 4.78 is 29.8. The average Bonchev–Trinajstić information content (AvgIpc) is 3.34. The van der Waals surface area contributed by atoms with Gasteiger partial charge in [-0.3, -0.25) is 14.7 Å². The van der Waals surface area contributed by atoms with Crippen molar-refractivity contribution in [2.24, 2.45) is 0 Å². The van der Waals surface area contributed by atoms with Crippen molar-refractivity contribution >= 4 is 22.5 Å². The van der Waals surface area contributed by atoms with Crippen LogP contribution < -0.4 is 5.32 Å². The van der Waals surface area contributed by atoms with Crippen LogP contribution in [0.3, 0.4) is 0 Å². The SMILES string of the molecule is O=C(Nc1ccc2cc(CN3CCCC3)cnc2c1F)c1ccc(-c2ccccc2)cc1F. The highest BCUT2D eigenvalue weighted by atomic mass is 19.1. The molecule has 2 heterocycles. The minimum absolute atomic E-state index is 0.0289. The molecule has 0 atom stereocenters. The summed E-state index contributed by atoms with van der Waals surface area (Å²) in [6.45, 7) is 2.93. The molecule has 166 valence electrons. The lowest BCUT2D eigenvalue weighted by atomic mass is 10.0. The second kappa shape index (κ2) is 9.08. The van der Waals surface area contributed by atoms with Crippen molar-refractivity contribution in [1.29, 1.82) is 0 Å². The first-order valence-corrected chi connectivity index (χ1v) is 11.0. The molecule has 0 spiro atoms. The summed E-state index contributed by atoms with van der Waals surface area (Å²) in [6.07, 6.45) is 4.08. The minimum atomic E-state index is -0.712. The van der Waals surface area contributed by atoms with Gasteiger partial charge in [-0.2, -0.15) is 0 Å². The molecular weight excluding hydrogens is 420 g/mol. The number of likely N-dealkylation sites (tertiary alicyclic amines) is 1. The lowest BCUT2D eigenvalue weighted by Gasteiger charge is -2.15. The van der Waals surface area contributed by atoms with Gasteiger partial charge in [0.2, 0.25) is 0 Å². The Morgan fingerprint density at radius 1 is 0.939 bits per heavy atom. The number of fused-ring (bicyclic) bond motifs is 1. The van der Waals surface area contributed by atoms with E-state index in [-0.39, 0.29) is 16.8 Å². The van der Waals surface area contributed by atoms with E-state index >= 15 is 4.39 Å². The number of hydrogen-bond donors (Lipinski definition) is 1. The number of nitrogens with zero attached hydrogens (tertiary/aromatic N) is 2. The molecule has 1 amide bonds. The van der Waals surface area contributed by atoms with Crippen LogP contribution in [0.25, 0.3) is 22.0 Å². The van der Waals surface area contributed by atoms with Crippen molar-refractivity contribution in [3.05, 3.63) is 95.7 Å². The molecule has 0 unspecified atom stereocenters. The van der Waals surface area contributed by atoms with E-state index in [1.807, 2.05) is 36.4 Å². The van der Waals surface area contributed by atoms with Crippen LogP contribution in [0.2, 0.25) is 0 Å². The molecule has 0 aliphatic carbocycles. The van der Waals surface area contributed by atoms with E-state index in [1.165, 1.54) is 31.0 Å². The molecule has 1 saturated heterocycles. The Kier molecular flexibility index (Phi) is 5.84. The fourth-order valence-electron chi connectivity index (χ4n) is 4.29. The smallest absolute Gasteiger partial charge is 0.258 e. The van der Waals surface area contributed by atoms with Crippen LogP contribution in [-0.4, -0.2) is 28.9 Å². The minimum Gasteiger partial charge on any atom is -0.319 e. The van der Waals surface area contributed by atoms with Crippen molar-refractivity contribution < 1.29 is 13.6 Å². The molecule has 4 nitrogen and oxygen atoms in total. The van der Waals surface area contributed by atoms with Gasteiger partial charge in [0.25, 0.3) is 5.91 Å². The Hall–Kier alpha value is -3.64. The quantitative estimate of drug-likeness (QED) is 0.410. The zero-order valence-corrected chi connectivity index (χ0v) is 18.0. The molecule has 0 bridgehead atoms. The predicted molar refractivity (Wildman–Crippen MR) is 126 cm³/mol. The number of benzene rings is 3. The second-order valence-electron chi connectivity index (χ2n) is 8.34. The van der Waals surface area contributed by atoms with Gasteiger partial charge < -0.3 is 5.32 Å². The molecular formula is C27H23F2N3O. The largest absolute Gasteiger partial charge is 0.319 e. The van der Waals surface area contributed by atoms with Crippen LogP contribution in [-0.2, 0) is 6.54 Å². The molecule has 5 rings (SSSR count). The first kappa shape index (κ1) is 21.2. The van der Waals surface area contributed by atoms with Gasteiger partial charge in [-0.1, -0.05) is 42.5 Å². The predicted octanol–water partition coefficient (Wildman–Crippen LogP) is 6.03. The van der Waals surface area contributed by atoms with E-state index in [4.69, 9.17) is 0 Å². The van der Waals surface area contributed by atoms with Crippen molar-refractivity contribution in [2.45, 2.75) is 19.4 Å². The lowest BCUT2D eigenvalue weighted by Crippen LogP contribution is -2.18. The molecule has 0 saturated carbocycles. The third-order valence-corrected chi connectivity index (χ3v) is 6.02. The Labute approximate surface area is 190 Å². The number of halogens is 2. The number of nitrogens with one attached hydrogen (secondary N) is 1. The summed E-state index contributed by atoms with van der Waals surface area (Å²) in [6, 6.07) is 18.9. The number of aromatic nitrogens is 1. The maximum atomic E-state index is 15.1. The van der Waals surface area contributed by atoms with Gasteiger partial charge in [0, 0.05) is 18.1 Å². The van der Waals surface area contributed by atoms with Crippen molar-refractivity contribution in [1.82, 2.24) is 9.88 Å². The van der Waals surface area contributed by atoms with Gasteiger partial charge in [0.15, 0.2) is 5.82 Å². The van der Waals surface area contributed by atoms with Crippen LogP contribution in [0.1, 0.15) is 28.8 Å². The Balaban J connectivity index is 1.36. The maximum absolute atomic E-state index is 15.1. The van der Waals surface area contributed by atoms with E-state index in [2.05, 4.69) is 15.2 Å². The lowest BCUT2D eigenvalue weighted by molar-refractivity contribution is 0.102. The number of pyridine rings is 1. The third kappa shape index (κ3) is 4.47. The topological polar surface area (TPSA) is 45.2 Å². The highest BCUT2D eigenvalue weighted by Crippen LogP contribution is 2.26. The van der Waals surface area contributed by atoms with Gasteiger partial charge >= 0.3 is 0 Å². The Morgan fingerprint density at radius 2 is 1.73 bits per heavy atom. The Morgan fingerprint density at radius 3 is 2.48 bits per heavy atom. The molecule has 1 fully saturated rings. The molecule has 0 radical (unpaired) electrons. The highest BCUT2D eigenvalue weighted by molar-refractivity contribution is 6.05. The van der Waals surface area contributed by atoms with Crippen LogP contribution in [0, 0.1) is 11.6 Å². The summed E-state index contributed by atoms with van der Waals surface area (Å²) in [7, 11) is 0. The summed E-state index contributed by atoms with van der Waals surface area (Å²) in [5.74, 6) is -2.01. The Bertz CT molecular complexity index is 1320. The number of carbonyl (C=O) groups is 1. The van der Waals surface area contributed by atoms with E-state index in [1.54, 1.807) is 18.3 Å². The molecule has 6 heteroatoms. The van der Waals surface area contributed by atoms with Crippen molar-refractivity contribution in [3.63, 3.8) is 0 Å². The van der Waals surface area contributed by atoms with Crippen LogP contribution in [0.5, 0.6) is 0 Å². The van der Waals surface area contributed by atoms with Gasteiger partial charge in [-0.25, -0.2) is 8.78 Å². The van der Waals surface area contributed by atoms with Crippen LogP contribution in [0.4, 0.5) is 14.5 Å². The van der Waals surface area contributed by atoms with E-state index in [0.29, 0.717) is 10.9 Å². The van der Waals surface area contributed by atoms with E-state index in [9.17, 15) is 9.18 Å². The van der Waals surface area contributed by atoms with E-state index in [0.717, 1.165) is 30.8 Å². The molecule has 1 aliphatic rings. The monoisotopic (exact) mass is 443 g/mol. The summed E-state index contributed by atoms with van der Waals surface area (Å²) in [5.41, 5.74) is 2.54. The zero-order valence-electron chi connectivity index (χ0n) is 18.0. The summed E-state index contributed by atoms with van der Waals surface area (Å²) in [4.78, 5) is 19.3. The first-order valence-electron chi connectivity index (χ1n) is 11.0. The summed E-state index contributed by atoms with van der Waals surface area (Å²) in [5, 5.41) is 3.16. The van der Waals surface area contributed by atoms with E-state index < -0.39 is 17.5 Å². The zero-order chi connectivity index (χ0) is 22.8. The van der Waals surface area contributed by atoms with Gasteiger partial charge in [0.05, 0.1) is 11.3 Å². The third-order valence-electron chi connectivity index (χ3n) is 6.02. The molecule has 4 aromatic rings. The van der Waals surface area contributed by atoms with Gasteiger partial charge in [-0.15, -0.1) is 0 Å². The fraction of sp³-hybridized carbons (Fsp3) is 0.185. The van der Waals surface area contributed by atoms with Crippen molar-refractivity contribution in [2.75, 3.05) is 18.4 Å². The highest BCUT2D eigenvalue weighted by Gasteiger charge is 2.17. The number of rotatable bonds is 5. The van der Waals surface area contributed by atoms with Crippen molar-refractivity contribution in [3.8, 4) is 11.1 Å². The number of amides is 1. The first-order chi connectivity index (χ1) is 16.1. The molecule has 3 aromatic carbocycles. The van der Waals surface area contributed by atoms with Crippen LogP contribution >= 0.6 is 0 Å².